The zero-order valence-electron chi connectivity index (χ0n) is 15.0. The Kier molecular flexibility index (Phi) is 4.26. The van der Waals surface area contributed by atoms with Crippen molar-refractivity contribution in [3.63, 3.8) is 0 Å². The van der Waals surface area contributed by atoms with Crippen LogP contribution in [0.1, 0.15) is 46.6 Å². The van der Waals surface area contributed by atoms with Gasteiger partial charge in [-0.1, -0.05) is 5.16 Å². The summed E-state index contributed by atoms with van der Waals surface area (Å²) in [5.41, 5.74) is 0.595. The van der Waals surface area contributed by atoms with Crippen molar-refractivity contribution < 1.29 is 18.5 Å². The summed E-state index contributed by atoms with van der Waals surface area (Å²) in [6.45, 7) is 3.49. The van der Waals surface area contributed by atoms with Gasteiger partial charge in [0.25, 0.3) is 5.91 Å². The Labute approximate surface area is 151 Å². The second-order valence-electron chi connectivity index (χ2n) is 7.13. The molecule has 0 spiro atoms. The summed E-state index contributed by atoms with van der Waals surface area (Å²) < 4.78 is 10.5. The van der Waals surface area contributed by atoms with Crippen LogP contribution < -0.4 is 0 Å². The summed E-state index contributed by atoms with van der Waals surface area (Å²) >= 11 is 0. The Bertz CT molecular complexity index is 817. The van der Waals surface area contributed by atoms with Crippen molar-refractivity contribution in [2.24, 2.45) is 5.92 Å². The number of nitrogens with zero attached hydrogens (tertiary/aromatic N) is 4. The van der Waals surface area contributed by atoms with Crippen LogP contribution in [0.3, 0.4) is 0 Å². The van der Waals surface area contributed by atoms with Crippen LogP contribution in [0.25, 0.3) is 0 Å². The maximum absolute atomic E-state index is 12.4. The smallest absolute Gasteiger partial charge is 0.257 e. The monoisotopic (exact) mass is 358 g/mol. The highest BCUT2D eigenvalue weighted by Crippen LogP contribution is 2.31. The van der Waals surface area contributed by atoms with E-state index >= 15 is 0 Å². The van der Waals surface area contributed by atoms with Crippen molar-refractivity contribution in [3.05, 3.63) is 35.4 Å². The molecule has 3 heterocycles. The molecule has 2 aromatic heterocycles. The number of likely N-dealkylation sites (N-methyl/N-ethyl adjacent to an activating group) is 1. The van der Waals surface area contributed by atoms with Gasteiger partial charge in [-0.3, -0.25) is 9.59 Å². The quantitative estimate of drug-likeness (QED) is 0.779. The molecule has 1 saturated carbocycles. The highest BCUT2D eigenvalue weighted by atomic mass is 16.5. The first-order chi connectivity index (χ1) is 12.5. The van der Waals surface area contributed by atoms with Crippen LogP contribution in [0.4, 0.5) is 0 Å². The van der Waals surface area contributed by atoms with E-state index in [2.05, 4.69) is 10.1 Å². The van der Waals surface area contributed by atoms with Crippen molar-refractivity contribution in [1.82, 2.24) is 19.9 Å². The number of rotatable bonds is 6. The normalized spacial score (nSPS) is 17.2. The molecule has 0 N–H and O–H groups in total. The minimum absolute atomic E-state index is 0.0348. The van der Waals surface area contributed by atoms with Gasteiger partial charge < -0.3 is 18.7 Å². The SMILES string of the molecule is Cc1occc1C(=O)N1CC(c2nc(CCN(C)C(=O)C3CC3)no2)C1. The van der Waals surface area contributed by atoms with Gasteiger partial charge in [-0.15, -0.1) is 0 Å². The fourth-order valence-electron chi connectivity index (χ4n) is 3.13. The van der Waals surface area contributed by atoms with Crippen molar-refractivity contribution in [2.45, 2.75) is 32.1 Å². The maximum Gasteiger partial charge on any atom is 0.257 e. The van der Waals surface area contributed by atoms with Crippen LogP contribution in [0, 0.1) is 12.8 Å². The number of aromatic nitrogens is 2. The predicted octanol–water partition coefficient (Wildman–Crippen LogP) is 1.62. The Balaban J connectivity index is 1.27. The summed E-state index contributed by atoms with van der Waals surface area (Å²) in [6, 6.07) is 1.69. The van der Waals surface area contributed by atoms with Gasteiger partial charge >= 0.3 is 0 Å². The minimum Gasteiger partial charge on any atom is -0.469 e. The molecule has 1 saturated heterocycles. The highest BCUT2D eigenvalue weighted by Gasteiger charge is 2.37. The molecular weight excluding hydrogens is 336 g/mol. The summed E-state index contributed by atoms with van der Waals surface area (Å²) in [6.07, 6.45) is 4.10. The average molecular weight is 358 g/mol. The van der Waals surface area contributed by atoms with Crippen LogP contribution in [-0.4, -0.2) is 58.4 Å². The van der Waals surface area contributed by atoms with Gasteiger partial charge in [0.05, 0.1) is 17.7 Å². The Hall–Kier alpha value is -2.64. The molecule has 8 heteroatoms. The van der Waals surface area contributed by atoms with Gasteiger partial charge in [-0.2, -0.15) is 4.98 Å². The average Bonchev–Trinajstić information content (AvgIpc) is 3.19. The molecule has 1 aliphatic heterocycles. The minimum atomic E-state index is -0.0348. The molecule has 2 aromatic rings. The van der Waals surface area contributed by atoms with Gasteiger partial charge in [-0.05, 0) is 25.8 Å². The second-order valence-corrected chi connectivity index (χ2v) is 7.13. The summed E-state index contributed by atoms with van der Waals surface area (Å²) in [5, 5.41) is 4.00. The van der Waals surface area contributed by atoms with Gasteiger partial charge in [0.2, 0.25) is 11.8 Å². The van der Waals surface area contributed by atoms with E-state index in [1.54, 1.807) is 22.8 Å². The molecule has 0 aromatic carbocycles. The molecular formula is C18H22N4O4. The summed E-state index contributed by atoms with van der Waals surface area (Å²) in [4.78, 5) is 32.2. The largest absolute Gasteiger partial charge is 0.469 e. The summed E-state index contributed by atoms with van der Waals surface area (Å²) in [7, 11) is 1.81. The van der Waals surface area contributed by atoms with E-state index in [-0.39, 0.29) is 23.7 Å². The lowest BCUT2D eigenvalue weighted by atomic mass is 9.99. The number of carbonyl (C=O) groups is 2. The molecule has 2 aliphatic rings. The number of carbonyl (C=O) groups excluding carboxylic acids is 2. The van der Waals surface area contributed by atoms with E-state index in [4.69, 9.17) is 8.94 Å². The Morgan fingerprint density at radius 2 is 2.12 bits per heavy atom. The molecule has 2 fully saturated rings. The first-order valence-electron chi connectivity index (χ1n) is 8.93. The lowest BCUT2D eigenvalue weighted by Crippen LogP contribution is -2.48. The molecule has 8 nitrogen and oxygen atoms in total. The molecule has 26 heavy (non-hydrogen) atoms. The predicted molar refractivity (Wildman–Crippen MR) is 90.5 cm³/mol. The van der Waals surface area contributed by atoms with Gasteiger partial charge in [0.1, 0.15) is 5.76 Å². The van der Waals surface area contributed by atoms with Crippen LogP contribution in [-0.2, 0) is 11.2 Å². The molecule has 0 unspecified atom stereocenters. The first-order valence-corrected chi connectivity index (χ1v) is 8.93. The highest BCUT2D eigenvalue weighted by molar-refractivity contribution is 5.95. The number of amides is 2. The van der Waals surface area contributed by atoms with Crippen molar-refractivity contribution in [3.8, 4) is 0 Å². The van der Waals surface area contributed by atoms with E-state index in [1.165, 1.54) is 6.26 Å². The Morgan fingerprint density at radius 1 is 1.35 bits per heavy atom. The third-order valence-corrected chi connectivity index (χ3v) is 5.06. The van der Waals surface area contributed by atoms with Crippen LogP contribution in [0.2, 0.25) is 0 Å². The number of furan rings is 1. The molecule has 0 atom stereocenters. The van der Waals surface area contributed by atoms with Gasteiger partial charge in [-0.25, -0.2) is 0 Å². The molecule has 2 amide bonds. The molecule has 4 rings (SSSR count). The van der Waals surface area contributed by atoms with Crippen molar-refractivity contribution in [2.75, 3.05) is 26.7 Å². The van der Waals surface area contributed by atoms with E-state index in [0.717, 1.165) is 12.8 Å². The van der Waals surface area contributed by atoms with Crippen LogP contribution in [0.5, 0.6) is 0 Å². The van der Waals surface area contributed by atoms with Gasteiger partial charge in [0.15, 0.2) is 5.82 Å². The fraction of sp³-hybridized carbons (Fsp3) is 0.556. The lowest BCUT2D eigenvalue weighted by Gasteiger charge is -2.36. The van der Waals surface area contributed by atoms with Crippen molar-refractivity contribution in [1.29, 1.82) is 0 Å². The molecule has 0 radical (unpaired) electrons. The second kappa shape index (κ2) is 6.59. The number of hydrogen-bond donors (Lipinski definition) is 0. The van der Waals surface area contributed by atoms with Crippen LogP contribution >= 0.6 is 0 Å². The van der Waals surface area contributed by atoms with E-state index in [9.17, 15) is 9.59 Å². The first kappa shape index (κ1) is 16.8. The Morgan fingerprint density at radius 3 is 2.77 bits per heavy atom. The van der Waals surface area contributed by atoms with Crippen LogP contribution in [0.15, 0.2) is 21.3 Å². The summed E-state index contributed by atoms with van der Waals surface area (Å²) in [5.74, 6) is 2.25. The number of aryl methyl sites for hydroxylation is 1. The topological polar surface area (TPSA) is 92.7 Å². The standard InChI is InChI=1S/C18H22N4O4/c1-11-14(6-8-25-11)18(24)22-9-13(10-22)16-19-15(20-26-16)5-7-21(2)17(23)12-3-4-12/h6,8,12-13H,3-5,7,9-10H2,1-2H3. The third-order valence-electron chi connectivity index (χ3n) is 5.06. The number of likely N-dealkylation sites (tertiary alicyclic amines) is 1. The fourth-order valence-corrected chi connectivity index (χ4v) is 3.13. The lowest BCUT2D eigenvalue weighted by molar-refractivity contribution is -0.131. The molecule has 0 bridgehead atoms. The van der Waals surface area contributed by atoms with E-state index in [1.807, 2.05) is 7.05 Å². The number of hydrogen-bond acceptors (Lipinski definition) is 6. The van der Waals surface area contributed by atoms with E-state index in [0.29, 0.717) is 49.1 Å². The molecule has 138 valence electrons. The zero-order chi connectivity index (χ0) is 18.3. The maximum atomic E-state index is 12.4. The molecule has 1 aliphatic carbocycles. The van der Waals surface area contributed by atoms with Gasteiger partial charge in [0, 0.05) is 39.0 Å². The van der Waals surface area contributed by atoms with Crippen molar-refractivity contribution >= 4 is 11.8 Å². The zero-order valence-corrected chi connectivity index (χ0v) is 15.0. The third kappa shape index (κ3) is 3.23. The van der Waals surface area contributed by atoms with E-state index < -0.39 is 0 Å².